The number of likely N-dealkylation sites (tertiary alicyclic amines) is 2. The van der Waals surface area contributed by atoms with E-state index in [1.54, 1.807) is 0 Å². The molecule has 0 aromatic heterocycles. The van der Waals surface area contributed by atoms with Crippen LogP contribution in [0.25, 0.3) is 0 Å². The zero-order valence-electron chi connectivity index (χ0n) is 19.9. The monoisotopic (exact) mass is 412 g/mol. The van der Waals surface area contributed by atoms with Crippen molar-refractivity contribution in [3.63, 3.8) is 0 Å². The number of piperidine rings is 2. The molecule has 1 aromatic carbocycles. The Bertz CT molecular complexity index is 697. The largest absolute Gasteiger partial charge is 0.382 e. The molecular weight excluding hydrogens is 368 g/mol. The molecule has 1 aliphatic carbocycles. The van der Waals surface area contributed by atoms with Crippen molar-refractivity contribution in [2.24, 2.45) is 0 Å². The van der Waals surface area contributed by atoms with Gasteiger partial charge >= 0.3 is 0 Å². The van der Waals surface area contributed by atoms with Gasteiger partial charge in [-0.15, -0.1) is 0 Å². The van der Waals surface area contributed by atoms with Gasteiger partial charge in [0.05, 0.1) is 5.54 Å². The summed E-state index contributed by atoms with van der Waals surface area (Å²) in [5.74, 6) is 0. The summed E-state index contributed by atoms with van der Waals surface area (Å²) in [6.07, 6.45) is 11.2. The fraction of sp³-hybridized carbons (Fsp3) is 0.778. The first-order valence-corrected chi connectivity index (χ1v) is 12.6. The normalized spacial score (nSPS) is 34.8. The van der Waals surface area contributed by atoms with E-state index in [-0.39, 0.29) is 17.0 Å². The van der Waals surface area contributed by atoms with Gasteiger partial charge in [0.15, 0.2) is 0 Å². The van der Waals surface area contributed by atoms with Crippen molar-refractivity contribution in [3.05, 3.63) is 35.4 Å². The fourth-order valence-electron chi connectivity index (χ4n) is 6.59. The molecule has 168 valence electrons. The van der Waals surface area contributed by atoms with Crippen LogP contribution in [0.2, 0.25) is 0 Å². The van der Waals surface area contributed by atoms with Gasteiger partial charge in [0.1, 0.15) is 5.60 Å². The number of benzene rings is 1. The topological polar surface area (TPSA) is 26.7 Å². The lowest BCUT2D eigenvalue weighted by Crippen LogP contribution is -2.71. The zero-order chi connectivity index (χ0) is 21.4. The molecule has 3 fully saturated rings. The zero-order valence-corrected chi connectivity index (χ0v) is 19.9. The van der Waals surface area contributed by atoms with Crippen LogP contribution in [-0.4, -0.2) is 52.7 Å². The minimum Gasteiger partial charge on any atom is -0.382 e. The molecule has 0 spiro atoms. The standard InChI is InChI=1S/C27H44N2O/c1-25(2,3)22-13-15-23(16-14-22)27(30)24(28-18-7-5-8-19-28)12-11-17-26(27,4)29-20-9-6-10-21-29/h13-16,24,30H,5-12,17-21H2,1-4H3. The highest BCUT2D eigenvalue weighted by atomic mass is 16.3. The number of hydrogen-bond acceptors (Lipinski definition) is 3. The number of hydrogen-bond donors (Lipinski definition) is 1. The van der Waals surface area contributed by atoms with E-state index in [2.05, 4.69) is 61.8 Å². The fourth-order valence-corrected chi connectivity index (χ4v) is 6.59. The van der Waals surface area contributed by atoms with Crippen LogP contribution in [0, 0.1) is 0 Å². The third-order valence-electron chi connectivity index (χ3n) is 8.52. The van der Waals surface area contributed by atoms with E-state index in [1.807, 2.05) is 0 Å². The van der Waals surface area contributed by atoms with E-state index < -0.39 is 5.60 Å². The van der Waals surface area contributed by atoms with Gasteiger partial charge in [-0.3, -0.25) is 9.80 Å². The van der Waals surface area contributed by atoms with E-state index in [9.17, 15) is 5.11 Å². The van der Waals surface area contributed by atoms with Crippen LogP contribution in [0.3, 0.4) is 0 Å². The molecule has 1 saturated carbocycles. The summed E-state index contributed by atoms with van der Waals surface area (Å²) in [7, 11) is 0. The minimum absolute atomic E-state index is 0.135. The summed E-state index contributed by atoms with van der Waals surface area (Å²) in [5.41, 5.74) is 1.60. The maximum absolute atomic E-state index is 12.8. The summed E-state index contributed by atoms with van der Waals surface area (Å²) >= 11 is 0. The molecule has 2 saturated heterocycles. The Morgan fingerprint density at radius 3 is 1.97 bits per heavy atom. The molecule has 3 heteroatoms. The quantitative estimate of drug-likeness (QED) is 0.714. The number of rotatable bonds is 3. The maximum Gasteiger partial charge on any atom is 0.123 e. The van der Waals surface area contributed by atoms with Crippen molar-refractivity contribution in [2.45, 2.75) is 108 Å². The number of nitrogens with zero attached hydrogens (tertiary/aromatic N) is 2. The first-order chi connectivity index (χ1) is 14.3. The molecule has 0 bridgehead atoms. The Labute approximate surface area is 184 Å². The Morgan fingerprint density at radius 1 is 0.833 bits per heavy atom. The third kappa shape index (κ3) is 3.87. The van der Waals surface area contributed by atoms with E-state index in [4.69, 9.17) is 0 Å². The first-order valence-electron chi connectivity index (χ1n) is 12.6. The van der Waals surface area contributed by atoms with Gasteiger partial charge in [0.2, 0.25) is 0 Å². The molecule has 0 radical (unpaired) electrons. The van der Waals surface area contributed by atoms with Crippen LogP contribution in [0.4, 0.5) is 0 Å². The van der Waals surface area contributed by atoms with Crippen LogP contribution in [0.15, 0.2) is 24.3 Å². The summed E-state index contributed by atoms with van der Waals surface area (Å²) in [6, 6.07) is 9.27. The number of aliphatic hydroxyl groups is 1. The van der Waals surface area contributed by atoms with Crippen molar-refractivity contribution >= 4 is 0 Å². The predicted molar refractivity (Wildman–Crippen MR) is 126 cm³/mol. The van der Waals surface area contributed by atoms with Crippen LogP contribution in [0.5, 0.6) is 0 Å². The molecule has 3 atom stereocenters. The van der Waals surface area contributed by atoms with Crippen molar-refractivity contribution in [3.8, 4) is 0 Å². The van der Waals surface area contributed by atoms with Gasteiger partial charge in [-0.05, 0) is 94.6 Å². The molecular formula is C27H44N2O. The average molecular weight is 413 g/mol. The summed E-state index contributed by atoms with van der Waals surface area (Å²) in [4.78, 5) is 5.30. The minimum atomic E-state index is -0.823. The second-order valence-electron chi connectivity index (χ2n) is 11.4. The Hall–Kier alpha value is -0.900. The van der Waals surface area contributed by atoms with Gasteiger partial charge < -0.3 is 5.11 Å². The second-order valence-corrected chi connectivity index (χ2v) is 11.4. The highest BCUT2D eigenvalue weighted by Gasteiger charge is 2.59. The van der Waals surface area contributed by atoms with E-state index in [0.29, 0.717) is 0 Å². The van der Waals surface area contributed by atoms with Gasteiger partial charge in [0, 0.05) is 6.04 Å². The lowest BCUT2D eigenvalue weighted by Gasteiger charge is -2.61. The van der Waals surface area contributed by atoms with Crippen LogP contribution in [-0.2, 0) is 11.0 Å². The third-order valence-corrected chi connectivity index (χ3v) is 8.52. The molecule has 2 aliphatic heterocycles. The van der Waals surface area contributed by atoms with Gasteiger partial charge in [-0.1, -0.05) is 57.9 Å². The Morgan fingerprint density at radius 2 is 1.40 bits per heavy atom. The second kappa shape index (κ2) is 8.56. The molecule has 30 heavy (non-hydrogen) atoms. The predicted octanol–water partition coefficient (Wildman–Crippen LogP) is 5.45. The van der Waals surface area contributed by atoms with Crippen molar-refractivity contribution in [1.29, 1.82) is 0 Å². The van der Waals surface area contributed by atoms with Gasteiger partial charge in [-0.2, -0.15) is 0 Å². The first kappa shape index (κ1) is 22.3. The van der Waals surface area contributed by atoms with Gasteiger partial charge in [0.25, 0.3) is 0 Å². The van der Waals surface area contributed by atoms with Gasteiger partial charge in [-0.25, -0.2) is 0 Å². The lowest BCUT2D eigenvalue weighted by atomic mass is 9.62. The van der Waals surface area contributed by atoms with Crippen molar-refractivity contribution < 1.29 is 5.11 Å². The summed E-state index contributed by atoms with van der Waals surface area (Å²) < 4.78 is 0. The molecule has 3 nitrogen and oxygen atoms in total. The van der Waals surface area contributed by atoms with E-state index in [0.717, 1.165) is 44.6 Å². The molecule has 2 heterocycles. The molecule has 0 amide bonds. The molecule has 1 N–H and O–H groups in total. The average Bonchev–Trinajstić information content (AvgIpc) is 2.76. The smallest absolute Gasteiger partial charge is 0.123 e. The van der Waals surface area contributed by atoms with E-state index in [1.165, 1.54) is 50.5 Å². The highest BCUT2D eigenvalue weighted by Crippen LogP contribution is 2.51. The highest BCUT2D eigenvalue weighted by molar-refractivity contribution is 5.36. The van der Waals surface area contributed by atoms with Crippen LogP contribution in [0.1, 0.15) is 96.6 Å². The Balaban J connectivity index is 1.77. The lowest BCUT2D eigenvalue weighted by molar-refractivity contribution is -0.185. The molecule has 3 unspecified atom stereocenters. The molecule has 3 aliphatic rings. The Kier molecular flexibility index (Phi) is 6.36. The summed E-state index contributed by atoms with van der Waals surface area (Å²) in [6.45, 7) is 13.7. The van der Waals surface area contributed by atoms with Crippen LogP contribution < -0.4 is 0 Å². The summed E-state index contributed by atoms with van der Waals surface area (Å²) in [5, 5.41) is 12.8. The van der Waals surface area contributed by atoms with Crippen LogP contribution >= 0.6 is 0 Å². The van der Waals surface area contributed by atoms with Crippen molar-refractivity contribution in [2.75, 3.05) is 26.2 Å². The van der Waals surface area contributed by atoms with Crippen molar-refractivity contribution in [1.82, 2.24) is 9.80 Å². The molecule has 4 rings (SSSR count). The molecule has 1 aromatic rings. The van der Waals surface area contributed by atoms with E-state index >= 15 is 0 Å². The maximum atomic E-state index is 12.8. The SMILES string of the molecule is CC(C)(C)c1ccc(C2(O)C(N3CCCCC3)CCCC2(C)N2CCCCC2)cc1.